The molecule has 0 aromatic rings. The van der Waals surface area contributed by atoms with E-state index in [4.69, 9.17) is 37.9 Å². The van der Waals surface area contributed by atoms with Crippen LogP contribution in [0.15, 0.2) is 0 Å². The van der Waals surface area contributed by atoms with Crippen LogP contribution in [0, 0.1) is 5.92 Å². The summed E-state index contributed by atoms with van der Waals surface area (Å²) in [4.78, 5) is 23.5. The largest absolute Gasteiger partial charge is 0.410 e. The first kappa shape index (κ1) is 43.0. The zero-order valence-electron chi connectivity index (χ0n) is 28.6. The molecule has 302 valence electrons. The maximum absolute atomic E-state index is 12.1. The van der Waals surface area contributed by atoms with Crippen molar-refractivity contribution in [3.05, 3.63) is 0 Å². The molecule has 12 N–H and O–H groups in total. The maximum atomic E-state index is 12.1. The Hall–Kier alpha value is -1.78. The van der Waals surface area contributed by atoms with E-state index in [9.17, 15) is 65.8 Å². The van der Waals surface area contributed by atoms with Gasteiger partial charge < -0.3 is 99.4 Å². The molecule has 0 aromatic carbocycles. The van der Waals surface area contributed by atoms with Crippen molar-refractivity contribution in [3.63, 3.8) is 0 Å². The van der Waals surface area contributed by atoms with E-state index in [1.165, 1.54) is 13.8 Å². The number of aliphatic hydroxyl groups excluding tert-OH is 11. The van der Waals surface area contributed by atoms with Gasteiger partial charge in [-0.2, -0.15) is 0 Å². The molecule has 4 heterocycles. The summed E-state index contributed by atoms with van der Waals surface area (Å²) in [6.07, 6.45) is -26.8. The van der Waals surface area contributed by atoms with Crippen molar-refractivity contribution >= 4 is 12.4 Å². The van der Waals surface area contributed by atoms with Crippen molar-refractivity contribution in [1.29, 1.82) is 0 Å². The summed E-state index contributed by atoms with van der Waals surface area (Å²) in [6.45, 7) is 1.30. The lowest BCUT2D eigenvalue weighted by atomic mass is 9.87. The number of carbonyl (C=O) groups excluding carboxylic acids is 2. The fourth-order valence-electron chi connectivity index (χ4n) is 6.59. The smallest absolute Gasteiger partial charge is 0.332 e. The number of hydrogen-bond donors (Lipinski definition) is 12. The van der Waals surface area contributed by atoms with E-state index in [1.807, 2.05) is 0 Å². The molecule has 20 unspecified atom stereocenters. The van der Waals surface area contributed by atoms with E-state index in [1.54, 1.807) is 0 Å². The van der Waals surface area contributed by atoms with Crippen LogP contribution >= 0.6 is 0 Å². The molecule has 52 heavy (non-hydrogen) atoms. The zero-order chi connectivity index (χ0) is 38.7. The van der Waals surface area contributed by atoms with Crippen LogP contribution in [0.3, 0.4) is 0 Å². The van der Waals surface area contributed by atoms with Crippen LogP contribution in [0.5, 0.6) is 0 Å². The Morgan fingerprint density at radius 3 is 2.19 bits per heavy atom. The molecule has 0 aromatic heterocycles. The van der Waals surface area contributed by atoms with Gasteiger partial charge in [-0.1, -0.05) is 6.92 Å². The lowest BCUT2D eigenvalue weighted by Gasteiger charge is -2.48. The standard InChI is InChI=1S/C30H51NO21/c1-10-13(36)4-30(47-9-34,52-26(10)19(38)14(37)5-32)46-8-17-22(41)23(42)25(44)29(50-17)49-16-7-45-28(18(20(16)39)31-12(3)35)51-27-11(2)48-15(6-33)21(40)24(27)43/h9-11,13-29,32-33,36-44H,4-8H2,1-3H3,(H,31,35). The van der Waals surface area contributed by atoms with Crippen molar-refractivity contribution in [2.45, 2.75) is 143 Å². The summed E-state index contributed by atoms with van der Waals surface area (Å²) in [5, 5.41) is 117. The Bertz CT molecular complexity index is 1160. The predicted molar refractivity (Wildman–Crippen MR) is 163 cm³/mol. The van der Waals surface area contributed by atoms with E-state index in [0.717, 1.165) is 6.92 Å². The van der Waals surface area contributed by atoms with E-state index in [-0.39, 0.29) is 6.47 Å². The highest BCUT2D eigenvalue weighted by Gasteiger charge is 2.54. The van der Waals surface area contributed by atoms with Gasteiger partial charge in [-0.3, -0.25) is 9.59 Å². The summed E-state index contributed by atoms with van der Waals surface area (Å²) in [6, 6.07) is -1.39. The quantitative estimate of drug-likeness (QED) is 0.0578. The average molecular weight is 762 g/mol. The maximum Gasteiger partial charge on any atom is 0.332 e. The molecule has 1 amide bonds. The van der Waals surface area contributed by atoms with Gasteiger partial charge >= 0.3 is 5.97 Å². The van der Waals surface area contributed by atoms with Gasteiger partial charge in [0.2, 0.25) is 5.91 Å². The second kappa shape index (κ2) is 18.2. The van der Waals surface area contributed by atoms with Gasteiger partial charge in [0.1, 0.15) is 79.3 Å². The molecule has 20 atom stereocenters. The molecule has 22 heteroatoms. The normalized spacial score (nSPS) is 46.9. The van der Waals surface area contributed by atoms with Crippen molar-refractivity contribution in [1.82, 2.24) is 5.32 Å². The molecule has 4 saturated heterocycles. The Balaban J connectivity index is 1.46. The van der Waals surface area contributed by atoms with Crippen LogP contribution in [0.1, 0.15) is 27.2 Å². The van der Waals surface area contributed by atoms with Gasteiger partial charge in [0.25, 0.3) is 6.47 Å². The molecule has 4 rings (SSSR count). The fraction of sp³-hybridized carbons (Fsp3) is 0.933. The molecule has 4 fully saturated rings. The van der Waals surface area contributed by atoms with Crippen molar-refractivity contribution in [2.75, 3.05) is 26.4 Å². The van der Waals surface area contributed by atoms with E-state index in [2.05, 4.69) is 5.32 Å². The van der Waals surface area contributed by atoms with Gasteiger partial charge in [0.05, 0.1) is 51.2 Å². The predicted octanol–water partition coefficient (Wildman–Crippen LogP) is -7.37. The molecule has 0 radical (unpaired) electrons. The summed E-state index contributed by atoms with van der Waals surface area (Å²) in [5.41, 5.74) is 0. The fourth-order valence-corrected chi connectivity index (χ4v) is 6.59. The number of ether oxygens (including phenoxy) is 8. The van der Waals surface area contributed by atoms with Gasteiger partial charge in [-0.25, -0.2) is 0 Å². The number of rotatable bonds is 14. The minimum absolute atomic E-state index is 0.0825. The Morgan fingerprint density at radius 2 is 1.58 bits per heavy atom. The molecular weight excluding hydrogens is 710 g/mol. The SMILES string of the molecule is CC(=O)NC1C(OC2C(C)OC(CO)C(O)C2O)OCC(OC2OC(COC3(OC=O)CC(O)C(C)C(C(O)C(O)CO)O3)C(O)C(O)C2O)C1O. The molecule has 0 saturated carbocycles. The Kier molecular flexibility index (Phi) is 15.1. The van der Waals surface area contributed by atoms with Crippen LogP contribution in [0.4, 0.5) is 0 Å². The van der Waals surface area contributed by atoms with E-state index < -0.39 is 161 Å². The number of aliphatic hydroxyl groups is 11. The molecule has 4 aliphatic heterocycles. The lowest BCUT2D eigenvalue weighted by Crippen LogP contribution is -2.66. The van der Waals surface area contributed by atoms with Gasteiger partial charge in [-0.15, -0.1) is 0 Å². The van der Waals surface area contributed by atoms with Crippen LogP contribution in [0.2, 0.25) is 0 Å². The third-order valence-electron chi connectivity index (χ3n) is 9.72. The summed E-state index contributed by atoms with van der Waals surface area (Å²) in [5.74, 6) is -3.93. The summed E-state index contributed by atoms with van der Waals surface area (Å²) < 4.78 is 44.8. The molecule has 4 aliphatic rings. The first-order valence-electron chi connectivity index (χ1n) is 16.8. The monoisotopic (exact) mass is 761 g/mol. The Labute approximate surface area is 297 Å². The highest BCUT2D eigenvalue weighted by atomic mass is 16.9. The van der Waals surface area contributed by atoms with Crippen LogP contribution in [-0.4, -0.2) is 211 Å². The summed E-state index contributed by atoms with van der Waals surface area (Å²) in [7, 11) is 0. The third-order valence-corrected chi connectivity index (χ3v) is 9.72. The van der Waals surface area contributed by atoms with Crippen molar-refractivity contribution in [3.8, 4) is 0 Å². The van der Waals surface area contributed by atoms with E-state index >= 15 is 0 Å². The van der Waals surface area contributed by atoms with Gasteiger partial charge in [0.15, 0.2) is 12.6 Å². The second-order valence-corrected chi connectivity index (χ2v) is 13.4. The minimum atomic E-state index is -2.42. The van der Waals surface area contributed by atoms with Gasteiger partial charge in [-0.05, 0) is 6.92 Å². The van der Waals surface area contributed by atoms with Crippen LogP contribution in [0.25, 0.3) is 0 Å². The highest BCUT2D eigenvalue weighted by molar-refractivity contribution is 5.73. The zero-order valence-corrected chi connectivity index (χ0v) is 28.6. The first-order chi connectivity index (χ1) is 24.5. The number of hydrogen-bond acceptors (Lipinski definition) is 21. The lowest BCUT2D eigenvalue weighted by molar-refractivity contribution is -0.423. The Morgan fingerprint density at radius 1 is 0.904 bits per heavy atom. The molecule has 0 aliphatic carbocycles. The number of carbonyl (C=O) groups is 2. The molecule has 0 spiro atoms. The second-order valence-electron chi connectivity index (χ2n) is 13.4. The molecular formula is C30H51NO21. The topological polar surface area (TPSA) is 343 Å². The third kappa shape index (κ3) is 9.35. The first-order valence-corrected chi connectivity index (χ1v) is 16.8. The van der Waals surface area contributed by atoms with Crippen LogP contribution < -0.4 is 5.32 Å². The number of amides is 1. The minimum Gasteiger partial charge on any atom is -0.410 e. The summed E-state index contributed by atoms with van der Waals surface area (Å²) >= 11 is 0. The average Bonchev–Trinajstić information content (AvgIpc) is 3.11. The van der Waals surface area contributed by atoms with E-state index in [0.29, 0.717) is 0 Å². The highest BCUT2D eigenvalue weighted by Crippen LogP contribution is 2.38. The van der Waals surface area contributed by atoms with Crippen LogP contribution in [-0.2, 0) is 47.5 Å². The molecule has 22 nitrogen and oxygen atoms in total. The van der Waals surface area contributed by atoms with Crippen molar-refractivity contribution in [2.24, 2.45) is 5.92 Å². The van der Waals surface area contributed by atoms with Gasteiger partial charge in [0, 0.05) is 12.8 Å². The number of nitrogens with one attached hydrogen (secondary N) is 1. The van der Waals surface area contributed by atoms with Crippen molar-refractivity contribution < 1.29 is 104 Å². The molecule has 0 bridgehead atoms.